The van der Waals surface area contributed by atoms with Crippen LogP contribution in [0.4, 0.5) is 0 Å². The van der Waals surface area contributed by atoms with E-state index in [9.17, 15) is 9.59 Å². The molecule has 1 N–H and O–H groups in total. The Morgan fingerprint density at radius 1 is 1.24 bits per heavy atom. The number of aromatic nitrogens is 2. The number of nitrogens with one attached hydrogen (secondary N) is 1. The maximum absolute atomic E-state index is 12.5. The van der Waals surface area contributed by atoms with Crippen molar-refractivity contribution in [3.63, 3.8) is 0 Å². The predicted molar refractivity (Wildman–Crippen MR) is 110 cm³/mol. The minimum absolute atomic E-state index is 0.00123. The Balaban J connectivity index is 1.63. The van der Waals surface area contributed by atoms with E-state index in [1.165, 1.54) is 15.9 Å². The molecule has 29 heavy (non-hydrogen) atoms. The molecule has 8 heteroatoms. The van der Waals surface area contributed by atoms with Crippen molar-refractivity contribution >= 4 is 17.9 Å². The molecule has 0 aliphatic carbocycles. The molecule has 1 fully saturated rings. The maximum Gasteiger partial charge on any atom is 0.246 e. The lowest BCUT2D eigenvalue weighted by atomic mass is 10.2. The molecule has 0 bridgehead atoms. The summed E-state index contributed by atoms with van der Waals surface area (Å²) in [5, 5.41) is 4.07. The van der Waals surface area contributed by atoms with Crippen molar-refractivity contribution in [2.45, 2.75) is 20.8 Å². The van der Waals surface area contributed by atoms with E-state index in [4.69, 9.17) is 4.52 Å². The van der Waals surface area contributed by atoms with Crippen molar-refractivity contribution in [2.75, 3.05) is 46.8 Å². The van der Waals surface area contributed by atoms with E-state index >= 15 is 0 Å². The fourth-order valence-corrected chi connectivity index (χ4v) is 3.57. The lowest BCUT2D eigenvalue weighted by Gasteiger charge is -2.31. The Morgan fingerprint density at radius 2 is 1.93 bits per heavy atom. The fraction of sp³-hybridized carbons (Fsp3) is 0.476. The zero-order valence-corrected chi connectivity index (χ0v) is 17.9. The molecule has 2 aromatic rings. The highest BCUT2D eigenvalue weighted by Gasteiger charge is 2.23. The van der Waals surface area contributed by atoms with Gasteiger partial charge in [0.05, 0.1) is 39.8 Å². The normalized spacial score (nSPS) is 15.3. The Kier molecular flexibility index (Phi) is 6.22. The maximum atomic E-state index is 12.5. The van der Waals surface area contributed by atoms with Crippen molar-refractivity contribution in [2.24, 2.45) is 0 Å². The van der Waals surface area contributed by atoms with Crippen LogP contribution < -0.4 is 4.90 Å². The number of piperazine rings is 1. The van der Waals surface area contributed by atoms with Crippen LogP contribution in [0.1, 0.15) is 22.7 Å². The quantitative estimate of drug-likeness (QED) is 0.729. The predicted octanol–water partition coefficient (Wildman–Crippen LogP) is 0.219. The van der Waals surface area contributed by atoms with Gasteiger partial charge in [-0.05, 0) is 38.5 Å². The van der Waals surface area contributed by atoms with Gasteiger partial charge in [-0.3, -0.25) is 14.2 Å². The first-order valence-electron chi connectivity index (χ1n) is 9.91. The smallest absolute Gasteiger partial charge is 0.246 e. The summed E-state index contributed by atoms with van der Waals surface area (Å²) in [7, 11) is 3.79. The summed E-state index contributed by atoms with van der Waals surface area (Å²) in [6, 6.07) is 3.87. The van der Waals surface area contributed by atoms with Gasteiger partial charge in [0.15, 0.2) is 5.82 Å². The van der Waals surface area contributed by atoms with Crippen LogP contribution in [0.5, 0.6) is 0 Å². The standard InChI is InChI=1S/C21H29N5O3/c1-15-12-18(17(3)26(15)19-13-16(2)29-22-19)6-7-20(27)24(5)14-21(28)25-10-8-23(4)9-11-25/h6-7,12-13H,8-11,14H2,1-5H3/p+1/b7-6+. The first-order chi connectivity index (χ1) is 13.8. The molecule has 0 spiro atoms. The van der Waals surface area contributed by atoms with Gasteiger partial charge in [-0.15, -0.1) is 0 Å². The summed E-state index contributed by atoms with van der Waals surface area (Å²) in [5.41, 5.74) is 2.90. The van der Waals surface area contributed by atoms with Gasteiger partial charge in [-0.25, -0.2) is 0 Å². The first kappa shape index (κ1) is 20.9. The number of amides is 2. The van der Waals surface area contributed by atoms with E-state index in [1.54, 1.807) is 13.1 Å². The molecule has 1 saturated heterocycles. The van der Waals surface area contributed by atoms with Gasteiger partial charge in [-0.2, -0.15) is 0 Å². The van der Waals surface area contributed by atoms with E-state index in [0.717, 1.165) is 54.7 Å². The Hall–Kier alpha value is -2.87. The average Bonchev–Trinajstić information content (AvgIpc) is 3.22. The molecular formula is C21H30N5O3+. The number of hydrogen-bond acceptors (Lipinski definition) is 4. The summed E-state index contributed by atoms with van der Waals surface area (Å²) in [4.78, 5) is 29.7. The number of rotatable bonds is 5. The number of aryl methyl sites for hydroxylation is 2. The molecule has 0 saturated carbocycles. The molecule has 2 amide bonds. The molecule has 1 aliphatic rings. The van der Waals surface area contributed by atoms with Gasteiger partial charge < -0.3 is 19.2 Å². The number of nitrogens with zero attached hydrogens (tertiary/aromatic N) is 4. The molecule has 0 unspecified atom stereocenters. The van der Waals surface area contributed by atoms with E-state index in [-0.39, 0.29) is 18.4 Å². The van der Waals surface area contributed by atoms with Crippen molar-refractivity contribution in [1.82, 2.24) is 19.5 Å². The second-order valence-corrected chi connectivity index (χ2v) is 7.82. The minimum atomic E-state index is -0.194. The monoisotopic (exact) mass is 400 g/mol. The summed E-state index contributed by atoms with van der Waals surface area (Å²) in [5.74, 6) is 1.27. The highest BCUT2D eigenvalue weighted by atomic mass is 16.5. The van der Waals surface area contributed by atoms with Crippen molar-refractivity contribution < 1.29 is 19.0 Å². The molecular weight excluding hydrogens is 370 g/mol. The van der Waals surface area contributed by atoms with Crippen LogP contribution in [0.25, 0.3) is 11.9 Å². The van der Waals surface area contributed by atoms with E-state index in [2.05, 4.69) is 12.2 Å². The Labute approximate surface area is 171 Å². The highest BCUT2D eigenvalue weighted by Crippen LogP contribution is 2.21. The second kappa shape index (κ2) is 8.65. The average molecular weight is 401 g/mol. The lowest BCUT2D eigenvalue weighted by Crippen LogP contribution is -3.12. The number of carbonyl (C=O) groups is 2. The van der Waals surface area contributed by atoms with Crippen LogP contribution in [-0.4, -0.2) is 78.2 Å². The van der Waals surface area contributed by atoms with Gasteiger partial charge in [-0.1, -0.05) is 5.16 Å². The van der Waals surface area contributed by atoms with Crippen LogP contribution in [0, 0.1) is 20.8 Å². The summed E-state index contributed by atoms with van der Waals surface area (Å²) >= 11 is 0. The van der Waals surface area contributed by atoms with E-state index < -0.39 is 0 Å². The first-order valence-corrected chi connectivity index (χ1v) is 9.91. The van der Waals surface area contributed by atoms with Crippen LogP contribution >= 0.6 is 0 Å². The number of carbonyl (C=O) groups excluding carboxylic acids is 2. The number of likely N-dealkylation sites (N-methyl/N-ethyl adjacent to an activating group) is 2. The largest absolute Gasteiger partial charge is 0.360 e. The van der Waals surface area contributed by atoms with Gasteiger partial charge in [0.2, 0.25) is 11.8 Å². The zero-order valence-electron chi connectivity index (χ0n) is 17.9. The minimum Gasteiger partial charge on any atom is -0.360 e. The van der Waals surface area contributed by atoms with Gasteiger partial charge in [0, 0.05) is 30.6 Å². The third-order valence-electron chi connectivity index (χ3n) is 5.44. The molecule has 3 rings (SSSR count). The third kappa shape index (κ3) is 4.76. The van der Waals surface area contributed by atoms with E-state index in [0.29, 0.717) is 0 Å². The number of hydrogen-bond donors (Lipinski definition) is 1. The summed E-state index contributed by atoms with van der Waals surface area (Å²) < 4.78 is 7.16. The summed E-state index contributed by atoms with van der Waals surface area (Å²) in [6.07, 6.45) is 3.30. The SMILES string of the molecule is Cc1cc(-n2c(C)cc(/C=C/C(=O)N(C)CC(=O)N3CC[NH+](C)CC3)c2C)no1. The molecule has 2 aromatic heterocycles. The molecule has 3 heterocycles. The number of quaternary nitrogens is 1. The van der Waals surface area contributed by atoms with Crippen LogP contribution in [0.3, 0.4) is 0 Å². The van der Waals surface area contributed by atoms with Crippen molar-refractivity contribution in [1.29, 1.82) is 0 Å². The van der Waals surface area contributed by atoms with Crippen LogP contribution in [0.2, 0.25) is 0 Å². The molecule has 0 atom stereocenters. The molecule has 156 valence electrons. The molecule has 0 radical (unpaired) electrons. The zero-order chi connectivity index (χ0) is 21.1. The van der Waals surface area contributed by atoms with Crippen LogP contribution in [0.15, 0.2) is 22.7 Å². The van der Waals surface area contributed by atoms with Crippen LogP contribution in [-0.2, 0) is 9.59 Å². The molecule has 8 nitrogen and oxygen atoms in total. The molecule has 1 aliphatic heterocycles. The Morgan fingerprint density at radius 3 is 2.55 bits per heavy atom. The highest BCUT2D eigenvalue weighted by molar-refractivity contribution is 5.94. The summed E-state index contributed by atoms with van der Waals surface area (Å²) in [6.45, 7) is 9.30. The van der Waals surface area contributed by atoms with Crippen molar-refractivity contribution in [3.8, 4) is 5.82 Å². The molecule has 0 aromatic carbocycles. The lowest BCUT2D eigenvalue weighted by molar-refractivity contribution is -0.883. The fourth-order valence-electron chi connectivity index (χ4n) is 3.57. The third-order valence-corrected chi connectivity index (χ3v) is 5.44. The van der Waals surface area contributed by atoms with Gasteiger partial charge >= 0.3 is 0 Å². The van der Waals surface area contributed by atoms with Gasteiger partial charge in [0.1, 0.15) is 5.76 Å². The topological polar surface area (TPSA) is 76.0 Å². The van der Waals surface area contributed by atoms with E-state index in [1.807, 2.05) is 42.4 Å². The second-order valence-electron chi connectivity index (χ2n) is 7.82. The van der Waals surface area contributed by atoms with Gasteiger partial charge in [0.25, 0.3) is 0 Å². The Bertz CT molecular complexity index is 919. The van der Waals surface area contributed by atoms with Crippen molar-refractivity contribution in [3.05, 3.63) is 40.9 Å².